The molecule has 2 saturated carbocycles. The van der Waals surface area contributed by atoms with Crippen molar-refractivity contribution >= 4 is 56.4 Å². The molecular formula is C29H41IN4O7S. The number of alkyl carbamates (subject to hydrolysis) is 1. The summed E-state index contributed by atoms with van der Waals surface area (Å²) in [6.07, 6.45) is 0.839. The Kier molecular flexibility index (Phi) is 8.96. The fourth-order valence-electron chi connectivity index (χ4n) is 5.16. The van der Waals surface area contributed by atoms with Gasteiger partial charge < -0.3 is 20.3 Å². The second-order valence-electron chi connectivity index (χ2n) is 13.6. The van der Waals surface area contributed by atoms with Gasteiger partial charge in [-0.25, -0.2) is 13.2 Å². The molecule has 4 amide bonds. The van der Waals surface area contributed by atoms with E-state index in [1.807, 2.05) is 73.7 Å². The molecule has 2 aliphatic carbocycles. The Morgan fingerprint density at radius 1 is 1.05 bits per heavy atom. The molecule has 1 unspecified atom stereocenters. The van der Waals surface area contributed by atoms with Crippen molar-refractivity contribution in [2.45, 2.75) is 106 Å². The number of hydrogen-bond acceptors (Lipinski definition) is 7. The number of carbonyl (C=O) groups excluding carboxylic acids is 4. The summed E-state index contributed by atoms with van der Waals surface area (Å²) in [4.78, 5) is 55.4. The summed E-state index contributed by atoms with van der Waals surface area (Å²) in [7, 11) is -3.80. The summed E-state index contributed by atoms with van der Waals surface area (Å²) in [5, 5.41) is 4.95. The molecule has 1 saturated heterocycles. The van der Waals surface area contributed by atoms with Crippen molar-refractivity contribution in [2.24, 2.45) is 5.41 Å². The van der Waals surface area contributed by atoms with E-state index in [0.717, 1.165) is 5.56 Å². The molecule has 0 radical (unpaired) electrons. The molecule has 3 N–H and O–H groups in total. The minimum Gasteiger partial charge on any atom is -0.444 e. The molecule has 11 nitrogen and oxygen atoms in total. The first-order valence-corrected chi connectivity index (χ1v) is 17.0. The third-order valence-electron chi connectivity index (χ3n) is 7.76. The van der Waals surface area contributed by atoms with Gasteiger partial charge in [0, 0.05) is 16.4 Å². The van der Waals surface area contributed by atoms with E-state index in [1.54, 1.807) is 20.8 Å². The molecule has 1 aliphatic heterocycles. The topological polar surface area (TPSA) is 151 Å². The second-order valence-corrected chi connectivity index (χ2v) is 17.1. The van der Waals surface area contributed by atoms with Crippen molar-refractivity contribution in [2.75, 3.05) is 6.54 Å². The Hall–Kier alpha value is -2.42. The lowest BCUT2D eigenvalue weighted by molar-refractivity contribution is -0.142. The van der Waals surface area contributed by atoms with Crippen LogP contribution in [-0.4, -0.2) is 76.1 Å². The predicted molar refractivity (Wildman–Crippen MR) is 165 cm³/mol. The predicted octanol–water partition coefficient (Wildman–Crippen LogP) is 2.98. The molecule has 1 aromatic rings. The van der Waals surface area contributed by atoms with Crippen LogP contribution in [0.4, 0.5) is 4.79 Å². The van der Waals surface area contributed by atoms with Crippen LogP contribution in [0.5, 0.6) is 0 Å². The van der Waals surface area contributed by atoms with Gasteiger partial charge in [-0.05, 0) is 57.4 Å². The van der Waals surface area contributed by atoms with Crippen molar-refractivity contribution in [3.63, 3.8) is 0 Å². The minimum atomic E-state index is -3.80. The van der Waals surface area contributed by atoms with Crippen LogP contribution in [0.15, 0.2) is 30.3 Å². The quantitative estimate of drug-likeness (QED) is 0.277. The molecule has 3 aliphatic rings. The number of hydrogen-bond donors (Lipinski definition) is 3. The zero-order chi connectivity index (χ0) is 31.3. The van der Waals surface area contributed by atoms with Crippen LogP contribution in [0.25, 0.3) is 0 Å². The van der Waals surface area contributed by atoms with E-state index in [9.17, 15) is 27.6 Å². The number of ether oxygens (including phenoxy) is 1. The number of sulfonamides is 1. The van der Waals surface area contributed by atoms with Crippen molar-refractivity contribution in [3.8, 4) is 0 Å². The van der Waals surface area contributed by atoms with Crippen molar-refractivity contribution in [3.05, 3.63) is 35.9 Å². The van der Waals surface area contributed by atoms with Crippen LogP contribution >= 0.6 is 22.6 Å². The summed E-state index contributed by atoms with van der Waals surface area (Å²) in [6.45, 7) is 10.9. The zero-order valence-electron chi connectivity index (χ0n) is 24.9. The number of likely N-dealkylation sites (tertiary alicyclic amines) is 1. The summed E-state index contributed by atoms with van der Waals surface area (Å²) >= 11 is 2.03. The van der Waals surface area contributed by atoms with Gasteiger partial charge in [0.15, 0.2) is 0 Å². The van der Waals surface area contributed by atoms with Crippen LogP contribution in [0.2, 0.25) is 0 Å². The number of amides is 4. The maximum atomic E-state index is 14.1. The van der Waals surface area contributed by atoms with Crippen LogP contribution in [-0.2, 0) is 29.1 Å². The lowest BCUT2D eigenvalue weighted by Crippen LogP contribution is -2.60. The van der Waals surface area contributed by atoms with Gasteiger partial charge in [0.05, 0.1) is 5.25 Å². The molecule has 0 spiro atoms. The number of alkyl halides is 1. The maximum absolute atomic E-state index is 14.1. The molecule has 13 heteroatoms. The van der Waals surface area contributed by atoms with Crippen molar-refractivity contribution < 1.29 is 32.3 Å². The van der Waals surface area contributed by atoms with Crippen LogP contribution < -0.4 is 15.4 Å². The highest BCUT2D eigenvalue weighted by atomic mass is 127. The first-order valence-electron chi connectivity index (χ1n) is 14.2. The fraction of sp³-hybridized carbons (Fsp3) is 0.655. The fourth-order valence-corrected chi connectivity index (χ4v) is 7.66. The van der Waals surface area contributed by atoms with Crippen LogP contribution in [0.3, 0.4) is 0 Å². The molecule has 42 heavy (non-hydrogen) atoms. The van der Waals surface area contributed by atoms with E-state index >= 15 is 0 Å². The van der Waals surface area contributed by atoms with Crippen molar-refractivity contribution in [1.82, 2.24) is 20.3 Å². The zero-order valence-corrected chi connectivity index (χ0v) is 27.9. The summed E-state index contributed by atoms with van der Waals surface area (Å²) in [5.74, 6) is -1.90. The monoisotopic (exact) mass is 716 g/mol. The highest BCUT2D eigenvalue weighted by molar-refractivity contribution is 14.1. The van der Waals surface area contributed by atoms with Gasteiger partial charge >= 0.3 is 6.09 Å². The average Bonchev–Trinajstić information content (AvgIpc) is 3.78. The smallest absolute Gasteiger partial charge is 0.408 e. The number of rotatable bonds is 8. The van der Waals surface area contributed by atoms with E-state index in [4.69, 9.17) is 4.74 Å². The Morgan fingerprint density at radius 3 is 2.14 bits per heavy atom. The van der Waals surface area contributed by atoms with Crippen LogP contribution in [0, 0.1) is 5.41 Å². The van der Waals surface area contributed by atoms with E-state index in [-0.39, 0.29) is 22.8 Å². The molecule has 0 bridgehead atoms. The molecule has 0 aromatic heterocycles. The standard InChI is InChI=1S/C29H41IN4O7S/c1-27(2,3)22(31-26(38)41-28(4,5)6)24(36)34-16-18(17-10-8-7-9-11-17)14-20(34)23(35)32-29(15-21(29)30)25(37)33-42(39,40)19-12-13-19/h7-11,18-22H,12-16H2,1-6H3,(H,31,38)(H,32,35)(H,33,37)/t18-,20+,21-,22?,29-/m1/s1. The lowest BCUT2D eigenvalue weighted by Gasteiger charge is -2.36. The molecule has 4 rings (SSSR count). The maximum Gasteiger partial charge on any atom is 0.408 e. The Bertz CT molecular complexity index is 1340. The molecule has 5 atom stereocenters. The Balaban J connectivity index is 1.59. The van der Waals surface area contributed by atoms with Gasteiger partial charge in [-0.3, -0.25) is 19.1 Å². The molecular weight excluding hydrogens is 675 g/mol. The number of halogens is 1. The first kappa shape index (κ1) is 32.5. The van der Waals surface area contributed by atoms with Gasteiger partial charge in [0.25, 0.3) is 5.91 Å². The second kappa shape index (κ2) is 11.6. The molecule has 1 heterocycles. The molecule has 232 valence electrons. The highest BCUT2D eigenvalue weighted by Gasteiger charge is 2.62. The van der Waals surface area contributed by atoms with Gasteiger partial charge in [-0.15, -0.1) is 0 Å². The number of nitrogens with one attached hydrogen (secondary N) is 3. The normalized spacial score (nSPS) is 26.6. The number of benzene rings is 1. The summed E-state index contributed by atoms with van der Waals surface area (Å²) in [6, 6.07) is 7.60. The largest absolute Gasteiger partial charge is 0.444 e. The van der Waals surface area contributed by atoms with Gasteiger partial charge in [0.1, 0.15) is 23.2 Å². The number of nitrogens with zero attached hydrogens (tertiary/aromatic N) is 1. The van der Waals surface area contributed by atoms with Crippen molar-refractivity contribution in [1.29, 1.82) is 0 Å². The highest BCUT2D eigenvalue weighted by Crippen LogP contribution is 2.45. The van der Waals surface area contributed by atoms with Gasteiger partial charge in [0.2, 0.25) is 21.8 Å². The van der Waals surface area contributed by atoms with Crippen LogP contribution in [0.1, 0.15) is 78.7 Å². The van der Waals surface area contributed by atoms with E-state index in [1.165, 1.54) is 4.90 Å². The summed E-state index contributed by atoms with van der Waals surface area (Å²) in [5.41, 5.74) is -1.91. The van der Waals surface area contributed by atoms with Gasteiger partial charge in [-0.2, -0.15) is 0 Å². The van der Waals surface area contributed by atoms with E-state index < -0.39 is 67.7 Å². The molecule has 1 aromatic carbocycles. The van der Waals surface area contributed by atoms with E-state index in [2.05, 4.69) is 15.4 Å². The third kappa shape index (κ3) is 7.37. The van der Waals surface area contributed by atoms with E-state index in [0.29, 0.717) is 19.3 Å². The third-order valence-corrected chi connectivity index (χ3v) is 11.1. The Morgan fingerprint density at radius 2 is 1.64 bits per heavy atom. The summed E-state index contributed by atoms with van der Waals surface area (Å²) < 4.78 is 32.2. The number of carbonyl (C=O) groups is 4. The SMILES string of the molecule is CC(C)(C)OC(=O)NC(C(=O)N1C[C@H](c2ccccc2)C[C@H]1C(=O)N[C@]1(C(=O)NS(=O)(=O)C2CC2)C[C@H]1I)C(C)(C)C. The average molecular weight is 717 g/mol. The Labute approximate surface area is 261 Å². The van der Waals surface area contributed by atoms with Gasteiger partial charge in [-0.1, -0.05) is 73.7 Å². The molecule has 3 fully saturated rings. The lowest BCUT2D eigenvalue weighted by atomic mass is 9.85. The first-order chi connectivity index (χ1) is 19.3. The minimum absolute atomic E-state index is 0.164.